The summed E-state index contributed by atoms with van der Waals surface area (Å²) in [7, 11) is 0. The van der Waals surface area contributed by atoms with Gasteiger partial charge in [-0.2, -0.15) is 0 Å². The minimum atomic E-state index is -0.285. The number of nitrogens with zero attached hydrogens (tertiary/aromatic N) is 1. The smallest absolute Gasteiger partial charge is 0.128 e. The minimum absolute atomic E-state index is 0.285. The number of aryl methyl sites for hydroxylation is 1. The Labute approximate surface area is 90.2 Å². The highest BCUT2D eigenvalue weighted by Crippen LogP contribution is 2.12. The maximum absolute atomic E-state index is 13.1. The van der Waals surface area contributed by atoms with Crippen LogP contribution >= 0.6 is 0 Å². The van der Waals surface area contributed by atoms with Gasteiger partial charge >= 0.3 is 0 Å². The molecule has 82 valence electrons. The van der Waals surface area contributed by atoms with Crippen molar-refractivity contribution in [3.63, 3.8) is 0 Å². The molecule has 0 aliphatic rings. The van der Waals surface area contributed by atoms with E-state index >= 15 is 0 Å². The molecule has 2 nitrogen and oxygen atoms in total. The van der Waals surface area contributed by atoms with E-state index in [4.69, 9.17) is 5.41 Å². The molecule has 0 aromatic heterocycles. The van der Waals surface area contributed by atoms with Gasteiger partial charge in [0.05, 0.1) is 0 Å². The summed E-state index contributed by atoms with van der Waals surface area (Å²) < 4.78 is 13.1. The molecule has 0 radical (unpaired) electrons. The van der Waals surface area contributed by atoms with Crippen LogP contribution in [0.2, 0.25) is 0 Å². The quantitative estimate of drug-likeness (QED) is 0.600. The molecule has 15 heavy (non-hydrogen) atoms. The maximum Gasteiger partial charge on any atom is 0.128 e. The van der Waals surface area contributed by atoms with Crippen LogP contribution in [0.4, 0.5) is 4.39 Å². The van der Waals surface area contributed by atoms with Crippen LogP contribution in [-0.4, -0.2) is 23.8 Å². The van der Waals surface area contributed by atoms with Crippen molar-refractivity contribution in [2.45, 2.75) is 20.8 Å². The predicted octanol–water partition coefficient (Wildman–Crippen LogP) is 2.80. The van der Waals surface area contributed by atoms with Gasteiger partial charge in [-0.15, -0.1) is 0 Å². The third-order valence-corrected chi connectivity index (χ3v) is 2.53. The molecule has 0 saturated carbocycles. The van der Waals surface area contributed by atoms with Crippen LogP contribution in [0.25, 0.3) is 0 Å². The third kappa shape index (κ3) is 2.55. The molecular weight excluding hydrogens is 191 g/mol. The second-order valence-electron chi connectivity index (χ2n) is 3.48. The van der Waals surface area contributed by atoms with Crippen molar-refractivity contribution in [3.8, 4) is 0 Å². The van der Waals surface area contributed by atoms with Gasteiger partial charge in [0.25, 0.3) is 0 Å². The molecule has 3 heteroatoms. The number of rotatable bonds is 3. The normalized spacial score (nSPS) is 10.1. The number of nitrogens with one attached hydrogen (secondary N) is 1. The van der Waals surface area contributed by atoms with Gasteiger partial charge in [0.2, 0.25) is 0 Å². The van der Waals surface area contributed by atoms with E-state index in [1.807, 2.05) is 25.7 Å². The minimum Gasteiger partial charge on any atom is -0.357 e. The number of amidine groups is 1. The van der Waals surface area contributed by atoms with Gasteiger partial charge < -0.3 is 4.90 Å². The Morgan fingerprint density at radius 1 is 1.33 bits per heavy atom. The van der Waals surface area contributed by atoms with E-state index in [1.54, 1.807) is 6.07 Å². The number of hydrogen-bond donors (Lipinski definition) is 1. The number of hydrogen-bond acceptors (Lipinski definition) is 1. The zero-order valence-electron chi connectivity index (χ0n) is 9.47. The predicted molar refractivity (Wildman–Crippen MR) is 60.9 cm³/mol. The molecule has 0 amide bonds. The van der Waals surface area contributed by atoms with Crippen LogP contribution in [0.1, 0.15) is 25.0 Å². The summed E-state index contributed by atoms with van der Waals surface area (Å²) in [5.74, 6) is 0.115. The van der Waals surface area contributed by atoms with E-state index in [0.29, 0.717) is 11.4 Å². The molecule has 0 aliphatic carbocycles. The fraction of sp³-hybridized carbons (Fsp3) is 0.417. The number of halogens is 1. The van der Waals surface area contributed by atoms with Crippen molar-refractivity contribution in [3.05, 3.63) is 35.1 Å². The molecule has 0 atom stereocenters. The van der Waals surface area contributed by atoms with E-state index in [1.165, 1.54) is 12.1 Å². The van der Waals surface area contributed by atoms with Crippen LogP contribution in [0.3, 0.4) is 0 Å². The average molecular weight is 208 g/mol. The summed E-state index contributed by atoms with van der Waals surface area (Å²) in [5, 5.41) is 7.98. The van der Waals surface area contributed by atoms with Crippen molar-refractivity contribution in [1.29, 1.82) is 5.41 Å². The van der Waals surface area contributed by atoms with Crippen LogP contribution in [0.5, 0.6) is 0 Å². The molecule has 1 N–H and O–H groups in total. The first kappa shape index (κ1) is 11.7. The second-order valence-corrected chi connectivity index (χ2v) is 3.48. The van der Waals surface area contributed by atoms with Gasteiger partial charge in [-0.05, 0) is 38.5 Å². The van der Waals surface area contributed by atoms with Gasteiger partial charge in [-0.1, -0.05) is 6.07 Å². The highest BCUT2D eigenvalue weighted by Gasteiger charge is 2.11. The summed E-state index contributed by atoms with van der Waals surface area (Å²) in [5.41, 5.74) is 1.62. The highest BCUT2D eigenvalue weighted by molar-refractivity contribution is 5.97. The van der Waals surface area contributed by atoms with Crippen molar-refractivity contribution in [1.82, 2.24) is 4.90 Å². The van der Waals surface area contributed by atoms with Crippen LogP contribution in [-0.2, 0) is 0 Å². The third-order valence-electron chi connectivity index (χ3n) is 2.53. The SMILES string of the molecule is CCN(CC)C(=N)c1cc(F)ccc1C. The molecule has 1 aromatic carbocycles. The lowest BCUT2D eigenvalue weighted by atomic mass is 10.1. The summed E-state index contributed by atoms with van der Waals surface area (Å²) >= 11 is 0. The topological polar surface area (TPSA) is 27.1 Å². The molecule has 0 unspecified atom stereocenters. The maximum atomic E-state index is 13.1. The molecule has 0 spiro atoms. The Balaban J connectivity index is 3.04. The Morgan fingerprint density at radius 3 is 2.47 bits per heavy atom. The van der Waals surface area contributed by atoms with Gasteiger partial charge in [-0.25, -0.2) is 4.39 Å². The van der Waals surface area contributed by atoms with Crippen molar-refractivity contribution < 1.29 is 4.39 Å². The van der Waals surface area contributed by atoms with E-state index in [2.05, 4.69) is 0 Å². The van der Waals surface area contributed by atoms with Crippen LogP contribution in [0.15, 0.2) is 18.2 Å². The molecule has 0 fully saturated rings. The van der Waals surface area contributed by atoms with Gasteiger partial charge in [0.1, 0.15) is 11.7 Å². The van der Waals surface area contributed by atoms with Crippen LogP contribution in [0, 0.1) is 18.2 Å². The Hall–Kier alpha value is -1.38. The lowest BCUT2D eigenvalue weighted by Crippen LogP contribution is -2.31. The summed E-state index contributed by atoms with van der Waals surface area (Å²) in [6.45, 7) is 7.42. The highest BCUT2D eigenvalue weighted by atomic mass is 19.1. The molecule has 1 rings (SSSR count). The first-order valence-electron chi connectivity index (χ1n) is 5.20. The first-order valence-corrected chi connectivity index (χ1v) is 5.20. The molecular formula is C12H17FN2. The van der Waals surface area contributed by atoms with Crippen molar-refractivity contribution in [2.75, 3.05) is 13.1 Å². The Kier molecular flexibility index (Phi) is 3.83. The lowest BCUT2D eigenvalue weighted by molar-refractivity contribution is 0.463. The fourth-order valence-corrected chi connectivity index (χ4v) is 1.56. The lowest BCUT2D eigenvalue weighted by Gasteiger charge is -2.22. The van der Waals surface area contributed by atoms with Gasteiger partial charge in [0.15, 0.2) is 0 Å². The van der Waals surface area contributed by atoms with Crippen molar-refractivity contribution >= 4 is 5.84 Å². The summed E-state index contributed by atoms with van der Waals surface area (Å²) in [4.78, 5) is 1.90. The zero-order valence-corrected chi connectivity index (χ0v) is 9.47. The first-order chi connectivity index (χ1) is 7.10. The zero-order chi connectivity index (χ0) is 11.4. The standard InChI is InChI=1S/C12H17FN2/c1-4-15(5-2)12(14)11-8-10(13)7-6-9(11)3/h6-8,14H,4-5H2,1-3H3. The Morgan fingerprint density at radius 2 is 1.93 bits per heavy atom. The Bertz CT molecular complexity index is 357. The summed E-state index contributed by atoms with van der Waals surface area (Å²) in [6, 6.07) is 4.56. The molecule has 0 saturated heterocycles. The monoisotopic (exact) mass is 208 g/mol. The van der Waals surface area contributed by atoms with E-state index < -0.39 is 0 Å². The van der Waals surface area contributed by atoms with Gasteiger partial charge in [0, 0.05) is 18.7 Å². The largest absolute Gasteiger partial charge is 0.357 e. The van der Waals surface area contributed by atoms with E-state index in [-0.39, 0.29) is 5.82 Å². The van der Waals surface area contributed by atoms with E-state index in [0.717, 1.165) is 18.7 Å². The fourth-order valence-electron chi connectivity index (χ4n) is 1.56. The average Bonchev–Trinajstić information content (AvgIpc) is 2.23. The van der Waals surface area contributed by atoms with Gasteiger partial charge in [-0.3, -0.25) is 5.41 Å². The molecule has 0 bridgehead atoms. The molecule has 1 aromatic rings. The number of benzene rings is 1. The summed E-state index contributed by atoms with van der Waals surface area (Å²) in [6.07, 6.45) is 0. The van der Waals surface area contributed by atoms with E-state index in [9.17, 15) is 4.39 Å². The second kappa shape index (κ2) is 4.91. The molecule has 0 heterocycles. The van der Waals surface area contributed by atoms with Crippen molar-refractivity contribution in [2.24, 2.45) is 0 Å². The molecule has 0 aliphatic heterocycles. The van der Waals surface area contributed by atoms with Crippen LogP contribution < -0.4 is 0 Å².